The molecule has 11 heteroatoms. The number of likely N-dealkylation sites (tertiary alicyclic amines) is 1. The summed E-state index contributed by atoms with van der Waals surface area (Å²) < 4.78 is 5.33. The number of ether oxygens (including phenoxy) is 1. The fourth-order valence-corrected chi connectivity index (χ4v) is 5.92. The first kappa shape index (κ1) is 27.9. The highest BCUT2D eigenvalue weighted by molar-refractivity contribution is 7.14. The molecule has 5 rings (SSSR count). The van der Waals surface area contributed by atoms with Crippen molar-refractivity contribution in [1.29, 1.82) is 0 Å². The van der Waals surface area contributed by atoms with E-state index in [0.717, 1.165) is 62.0 Å². The summed E-state index contributed by atoms with van der Waals surface area (Å²) in [5.74, 6) is 1.33. The van der Waals surface area contributed by atoms with Crippen LogP contribution in [-0.4, -0.2) is 59.7 Å². The number of nitrogens with one attached hydrogen (secondary N) is 3. The number of nitrogens with zero attached hydrogens (tertiary/aromatic N) is 4. The first-order chi connectivity index (χ1) is 19.6. The van der Waals surface area contributed by atoms with Crippen molar-refractivity contribution in [2.75, 3.05) is 48.3 Å². The van der Waals surface area contributed by atoms with Crippen LogP contribution in [0, 0.1) is 5.92 Å². The summed E-state index contributed by atoms with van der Waals surface area (Å²) in [6.07, 6.45) is 5.39. The van der Waals surface area contributed by atoms with Crippen LogP contribution in [0.15, 0.2) is 53.9 Å². The third-order valence-electron chi connectivity index (χ3n) is 7.15. The number of thiazole rings is 1. The van der Waals surface area contributed by atoms with Crippen molar-refractivity contribution in [3.8, 4) is 0 Å². The molecule has 0 saturated carbocycles. The van der Waals surface area contributed by atoms with Crippen LogP contribution >= 0.6 is 11.3 Å². The van der Waals surface area contributed by atoms with Crippen molar-refractivity contribution in [2.24, 2.45) is 5.92 Å². The number of alkyl carbamates (subject to hydrolysis) is 1. The molecule has 1 aromatic carbocycles. The molecule has 212 valence electrons. The molecule has 3 N–H and O–H groups in total. The van der Waals surface area contributed by atoms with Crippen molar-refractivity contribution in [3.05, 3.63) is 65.2 Å². The van der Waals surface area contributed by atoms with Crippen LogP contribution < -0.4 is 20.9 Å². The molecule has 10 nitrogen and oxygen atoms in total. The van der Waals surface area contributed by atoms with E-state index in [0.29, 0.717) is 24.1 Å². The second-order valence-electron chi connectivity index (χ2n) is 10.3. The molecular formula is C29H37N7O3S. The molecule has 4 heterocycles. The Morgan fingerprint density at radius 1 is 0.925 bits per heavy atom. The number of rotatable bonds is 9. The van der Waals surface area contributed by atoms with Gasteiger partial charge in [0.05, 0.1) is 5.69 Å². The molecule has 2 aromatic heterocycles. The van der Waals surface area contributed by atoms with Crippen LogP contribution in [0.5, 0.6) is 0 Å². The summed E-state index contributed by atoms with van der Waals surface area (Å²) in [6.45, 7) is 5.48. The topological polar surface area (TPSA) is 112 Å². The van der Waals surface area contributed by atoms with E-state index in [2.05, 4.69) is 35.7 Å². The summed E-state index contributed by atoms with van der Waals surface area (Å²) in [4.78, 5) is 38.7. The molecule has 1 atom stereocenters. The summed E-state index contributed by atoms with van der Waals surface area (Å²) in [7, 11) is 0. The van der Waals surface area contributed by atoms with Crippen LogP contribution in [0.4, 0.5) is 26.4 Å². The number of hydrogen-bond donors (Lipinski definition) is 3. The Kier molecular flexibility index (Phi) is 9.81. The van der Waals surface area contributed by atoms with Crippen LogP contribution in [0.2, 0.25) is 0 Å². The molecule has 2 aliphatic rings. The number of anilines is 3. The number of aromatic nitrogens is 2. The molecule has 0 aliphatic carbocycles. The van der Waals surface area contributed by atoms with Gasteiger partial charge in [0, 0.05) is 31.6 Å². The smallest absolute Gasteiger partial charge is 0.407 e. The van der Waals surface area contributed by atoms with Gasteiger partial charge in [-0.15, -0.1) is 11.3 Å². The van der Waals surface area contributed by atoms with Gasteiger partial charge in [-0.2, -0.15) is 0 Å². The third-order valence-corrected chi connectivity index (χ3v) is 8.06. The van der Waals surface area contributed by atoms with E-state index >= 15 is 0 Å². The summed E-state index contributed by atoms with van der Waals surface area (Å²) in [6, 6.07) is 15.0. The molecule has 2 aliphatic heterocycles. The second kappa shape index (κ2) is 14.1. The Morgan fingerprint density at radius 2 is 1.75 bits per heavy atom. The minimum absolute atomic E-state index is 0.256. The van der Waals surface area contributed by atoms with E-state index < -0.39 is 6.09 Å². The largest absolute Gasteiger partial charge is 0.445 e. The molecule has 2 saturated heterocycles. The molecule has 0 radical (unpaired) electrons. The summed E-state index contributed by atoms with van der Waals surface area (Å²) in [5, 5.41) is 11.3. The number of hydrogen-bond acceptors (Lipinski definition) is 8. The Morgan fingerprint density at radius 3 is 2.60 bits per heavy atom. The van der Waals surface area contributed by atoms with Crippen molar-refractivity contribution < 1.29 is 14.3 Å². The van der Waals surface area contributed by atoms with E-state index in [-0.39, 0.29) is 12.6 Å². The van der Waals surface area contributed by atoms with Crippen LogP contribution in [-0.2, 0) is 17.9 Å². The lowest BCUT2D eigenvalue weighted by atomic mass is 9.98. The molecule has 40 heavy (non-hydrogen) atoms. The first-order valence-corrected chi connectivity index (χ1v) is 14.9. The highest BCUT2D eigenvalue weighted by Gasteiger charge is 2.23. The molecule has 1 unspecified atom stereocenters. The van der Waals surface area contributed by atoms with Gasteiger partial charge < -0.3 is 15.0 Å². The average molecular weight is 564 g/mol. The summed E-state index contributed by atoms with van der Waals surface area (Å²) >= 11 is 1.50. The fourth-order valence-electron chi connectivity index (χ4n) is 5.12. The van der Waals surface area contributed by atoms with Gasteiger partial charge in [-0.3, -0.25) is 15.5 Å². The van der Waals surface area contributed by atoms with E-state index in [4.69, 9.17) is 4.74 Å². The van der Waals surface area contributed by atoms with Crippen molar-refractivity contribution in [2.45, 2.75) is 45.3 Å². The van der Waals surface area contributed by atoms with Gasteiger partial charge in [-0.1, -0.05) is 42.8 Å². The van der Waals surface area contributed by atoms with Gasteiger partial charge in [0.1, 0.15) is 18.2 Å². The van der Waals surface area contributed by atoms with E-state index in [1.54, 1.807) is 6.07 Å². The number of pyridine rings is 1. The lowest BCUT2D eigenvalue weighted by molar-refractivity contribution is 0.137. The zero-order valence-electron chi connectivity index (χ0n) is 22.7. The predicted molar refractivity (Wildman–Crippen MR) is 158 cm³/mol. The van der Waals surface area contributed by atoms with Gasteiger partial charge >= 0.3 is 12.1 Å². The molecule has 0 bridgehead atoms. The van der Waals surface area contributed by atoms with Crippen molar-refractivity contribution >= 4 is 40.2 Å². The number of urea groups is 1. The lowest BCUT2D eigenvalue weighted by Crippen LogP contribution is -2.41. The van der Waals surface area contributed by atoms with Crippen LogP contribution in [0.1, 0.15) is 43.4 Å². The number of benzene rings is 1. The highest BCUT2D eigenvalue weighted by atomic mass is 32.1. The van der Waals surface area contributed by atoms with Gasteiger partial charge in [0.2, 0.25) is 0 Å². The van der Waals surface area contributed by atoms with Crippen molar-refractivity contribution in [1.82, 2.24) is 20.2 Å². The number of carbonyl (C=O) groups excluding carboxylic acids is 2. The average Bonchev–Trinajstić information content (AvgIpc) is 3.45. The van der Waals surface area contributed by atoms with Gasteiger partial charge in [-0.25, -0.2) is 19.6 Å². The van der Waals surface area contributed by atoms with Gasteiger partial charge in [0.25, 0.3) is 0 Å². The lowest BCUT2D eigenvalue weighted by Gasteiger charge is -2.32. The monoisotopic (exact) mass is 563 g/mol. The molecule has 0 spiro atoms. The first-order valence-electron chi connectivity index (χ1n) is 14.0. The van der Waals surface area contributed by atoms with E-state index in [1.165, 1.54) is 30.6 Å². The third kappa shape index (κ3) is 8.40. The normalized spacial score (nSPS) is 17.7. The van der Waals surface area contributed by atoms with E-state index in [9.17, 15) is 9.59 Å². The Bertz CT molecular complexity index is 1250. The van der Waals surface area contributed by atoms with Crippen LogP contribution in [0.25, 0.3) is 0 Å². The zero-order chi connectivity index (χ0) is 27.6. The van der Waals surface area contributed by atoms with Gasteiger partial charge in [0.15, 0.2) is 5.13 Å². The minimum Gasteiger partial charge on any atom is -0.445 e. The maximum absolute atomic E-state index is 12.6. The van der Waals surface area contributed by atoms with E-state index in [1.807, 2.05) is 47.8 Å². The number of amides is 3. The molecule has 2 fully saturated rings. The fraction of sp³-hybridized carbons (Fsp3) is 0.448. The predicted octanol–water partition coefficient (Wildman–Crippen LogP) is 5.31. The van der Waals surface area contributed by atoms with Gasteiger partial charge in [-0.05, 0) is 62.4 Å². The molecular weight excluding hydrogens is 526 g/mol. The number of carbonyl (C=O) groups is 2. The maximum atomic E-state index is 12.6. The quantitative estimate of drug-likeness (QED) is 0.323. The SMILES string of the molecule is O=C(Nc1cccc(CN2CCCCC2)n1)Nc1csc(N2CCCC(CNC(=O)OCc3ccccc3)C2)n1. The molecule has 3 aromatic rings. The Balaban J connectivity index is 1.06. The summed E-state index contributed by atoms with van der Waals surface area (Å²) in [5.41, 5.74) is 1.91. The second-order valence-corrected chi connectivity index (χ2v) is 11.2. The maximum Gasteiger partial charge on any atom is 0.407 e. The van der Waals surface area contributed by atoms with Crippen molar-refractivity contribution in [3.63, 3.8) is 0 Å². The standard InChI is InChI=1S/C29H37N7O3S/c37-27(32-25-13-7-12-24(31-25)19-35-14-5-2-6-15-35)33-26-21-40-28(34-26)36-16-8-11-23(18-36)17-30-29(38)39-20-22-9-3-1-4-10-22/h1,3-4,7,9-10,12-13,21,23H,2,5-6,8,11,14-20H2,(H,30,38)(H2,31,32,33,37). The Labute approximate surface area is 239 Å². The number of piperidine rings is 2. The molecule has 3 amide bonds. The highest BCUT2D eigenvalue weighted by Crippen LogP contribution is 2.28. The minimum atomic E-state index is -0.403. The zero-order valence-corrected chi connectivity index (χ0v) is 23.5. The Hall–Kier alpha value is -3.70. The van der Waals surface area contributed by atoms with Crippen LogP contribution in [0.3, 0.4) is 0 Å².